The van der Waals surface area contributed by atoms with E-state index in [4.69, 9.17) is 0 Å². The van der Waals surface area contributed by atoms with Gasteiger partial charge in [0.25, 0.3) is 0 Å². The lowest BCUT2D eigenvalue weighted by atomic mass is 9.72. The Morgan fingerprint density at radius 1 is 1.35 bits per heavy atom. The average molecular weight is 293 g/mol. The summed E-state index contributed by atoms with van der Waals surface area (Å²) in [5.41, 5.74) is 1.61. The van der Waals surface area contributed by atoms with E-state index in [1.807, 2.05) is 0 Å². The third-order valence-electron chi connectivity index (χ3n) is 4.44. The molecule has 0 amide bonds. The number of nitrogens with zero attached hydrogens (tertiary/aromatic N) is 1. The largest absolute Gasteiger partial charge is 0.299 e. The van der Waals surface area contributed by atoms with Crippen molar-refractivity contribution in [2.45, 2.75) is 72.1 Å². The summed E-state index contributed by atoms with van der Waals surface area (Å²) >= 11 is 1.64. The molecule has 1 aliphatic rings. The van der Waals surface area contributed by atoms with Crippen molar-refractivity contribution in [3.05, 3.63) is 16.1 Å². The maximum absolute atomic E-state index is 12.4. The molecular weight excluding hydrogens is 266 g/mol. The summed E-state index contributed by atoms with van der Waals surface area (Å²) in [6, 6.07) is 0. The van der Waals surface area contributed by atoms with Crippen LogP contribution in [-0.2, 0) is 16.6 Å². The fraction of sp³-hybridized carbons (Fsp3) is 0.765. The molecule has 1 fully saturated rings. The second kappa shape index (κ2) is 5.59. The second-order valence-electron chi connectivity index (χ2n) is 7.96. The van der Waals surface area contributed by atoms with Crippen molar-refractivity contribution in [2.24, 2.45) is 11.3 Å². The first-order valence-electron chi connectivity index (χ1n) is 7.65. The molecule has 1 saturated carbocycles. The predicted octanol–water partition coefficient (Wildman–Crippen LogP) is 4.77. The van der Waals surface area contributed by atoms with Crippen LogP contribution in [0.1, 0.15) is 71.0 Å². The topological polar surface area (TPSA) is 30.0 Å². The summed E-state index contributed by atoms with van der Waals surface area (Å²) in [5.74, 6) is 0.667. The maximum Gasteiger partial charge on any atom is 0.142 e. The van der Waals surface area contributed by atoms with E-state index < -0.39 is 0 Å². The standard InChI is InChI=1S/C17H27NOS/c1-16(2,3)14-11-20-15(18-14)10-13(19)12-6-8-17(4,5)9-7-12/h11-12H,6-10H2,1-5H3. The van der Waals surface area contributed by atoms with Crippen LogP contribution in [-0.4, -0.2) is 10.8 Å². The van der Waals surface area contributed by atoms with Crippen molar-refractivity contribution in [3.8, 4) is 0 Å². The summed E-state index contributed by atoms with van der Waals surface area (Å²) in [6.45, 7) is 11.1. The van der Waals surface area contributed by atoms with Gasteiger partial charge in [-0.2, -0.15) is 0 Å². The Labute approximate surface area is 127 Å². The van der Waals surface area contributed by atoms with Gasteiger partial charge in [-0.05, 0) is 31.1 Å². The summed E-state index contributed by atoms with van der Waals surface area (Å²) in [7, 11) is 0. The van der Waals surface area contributed by atoms with Gasteiger partial charge in [0, 0.05) is 16.7 Å². The van der Waals surface area contributed by atoms with E-state index >= 15 is 0 Å². The zero-order chi connectivity index (χ0) is 15.0. The quantitative estimate of drug-likeness (QED) is 0.803. The smallest absolute Gasteiger partial charge is 0.142 e. The SMILES string of the molecule is CC1(C)CCC(C(=O)Cc2nc(C(C)(C)C)cs2)CC1. The Bertz CT molecular complexity index is 471. The number of hydrogen-bond acceptors (Lipinski definition) is 3. The van der Waals surface area contributed by atoms with Crippen molar-refractivity contribution < 1.29 is 4.79 Å². The molecule has 0 aliphatic heterocycles. The molecule has 0 N–H and O–H groups in total. The summed E-state index contributed by atoms with van der Waals surface area (Å²) in [6.07, 6.45) is 5.00. The van der Waals surface area contributed by atoms with E-state index in [1.54, 1.807) is 11.3 Å². The van der Waals surface area contributed by atoms with Gasteiger partial charge < -0.3 is 0 Å². The van der Waals surface area contributed by atoms with Crippen molar-refractivity contribution in [3.63, 3.8) is 0 Å². The molecule has 0 aromatic carbocycles. The normalized spacial score (nSPS) is 20.1. The third kappa shape index (κ3) is 3.91. The molecule has 2 nitrogen and oxygen atoms in total. The number of Topliss-reactive ketones (excluding diaryl/α,β-unsaturated/α-hetero) is 1. The van der Waals surface area contributed by atoms with Crippen molar-refractivity contribution in [1.29, 1.82) is 0 Å². The molecule has 1 heterocycles. The fourth-order valence-corrected chi connectivity index (χ4v) is 3.78. The number of carbonyl (C=O) groups excluding carboxylic acids is 1. The van der Waals surface area contributed by atoms with E-state index in [2.05, 4.69) is 45.0 Å². The molecule has 0 bridgehead atoms. The van der Waals surface area contributed by atoms with E-state index in [0.717, 1.165) is 23.5 Å². The van der Waals surface area contributed by atoms with Gasteiger partial charge in [0.2, 0.25) is 0 Å². The Morgan fingerprint density at radius 2 is 1.95 bits per heavy atom. The van der Waals surface area contributed by atoms with E-state index in [9.17, 15) is 4.79 Å². The van der Waals surface area contributed by atoms with Crippen LogP contribution in [0.3, 0.4) is 0 Å². The summed E-state index contributed by atoms with van der Waals surface area (Å²) in [4.78, 5) is 17.0. The first-order chi connectivity index (χ1) is 9.17. The van der Waals surface area contributed by atoms with Gasteiger partial charge in [-0.1, -0.05) is 34.6 Å². The molecule has 112 valence electrons. The van der Waals surface area contributed by atoms with Gasteiger partial charge in [-0.25, -0.2) is 4.98 Å². The molecule has 0 spiro atoms. The van der Waals surface area contributed by atoms with Crippen LogP contribution in [0.4, 0.5) is 0 Å². The average Bonchev–Trinajstić information content (AvgIpc) is 2.77. The lowest BCUT2D eigenvalue weighted by Crippen LogP contribution is -2.27. The van der Waals surface area contributed by atoms with Gasteiger partial charge in [-0.15, -0.1) is 11.3 Å². The lowest BCUT2D eigenvalue weighted by Gasteiger charge is -2.33. The van der Waals surface area contributed by atoms with Crippen LogP contribution in [0.15, 0.2) is 5.38 Å². The van der Waals surface area contributed by atoms with Gasteiger partial charge in [0.05, 0.1) is 12.1 Å². The number of ketones is 1. The Hall–Kier alpha value is -0.700. The Kier molecular flexibility index (Phi) is 4.38. The highest BCUT2D eigenvalue weighted by Crippen LogP contribution is 2.38. The van der Waals surface area contributed by atoms with Gasteiger partial charge >= 0.3 is 0 Å². The van der Waals surface area contributed by atoms with Crippen LogP contribution in [0.2, 0.25) is 0 Å². The molecule has 0 atom stereocenters. The monoisotopic (exact) mass is 293 g/mol. The minimum absolute atomic E-state index is 0.0761. The van der Waals surface area contributed by atoms with Crippen LogP contribution in [0.5, 0.6) is 0 Å². The number of rotatable bonds is 3. The van der Waals surface area contributed by atoms with Gasteiger partial charge in [0.1, 0.15) is 10.8 Å². The van der Waals surface area contributed by atoms with E-state index in [0.29, 0.717) is 17.6 Å². The summed E-state index contributed by atoms with van der Waals surface area (Å²) in [5, 5.41) is 3.09. The Balaban J connectivity index is 1.94. The number of hydrogen-bond donors (Lipinski definition) is 0. The van der Waals surface area contributed by atoms with Crippen LogP contribution in [0.25, 0.3) is 0 Å². The van der Waals surface area contributed by atoms with Gasteiger partial charge in [0.15, 0.2) is 0 Å². The number of aromatic nitrogens is 1. The zero-order valence-electron chi connectivity index (χ0n) is 13.5. The minimum atomic E-state index is 0.0761. The second-order valence-corrected chi connectivity index (χ2v) is 8.90. The minimum Gasteiger partial charge on any atom is -0.299 e. The fourth-order valence-electron chi connectivity index (χ4n) is 2.75. The molecule has 1 aromatic rings. The van der Waals surface area contributed by atoms with Crippen molar-refractivity contribution >= 4 is 17.1 Å². The zero-order valence-corrected chi connectivity index (χ0v) is 14.3. The molecule has 1 aliphatic carbocycles. The van der Waals surface area contributed by atoms with Crippen LogP contribution in [0, 0.1) is 11.3 Å². The Morgan fingerprint density at radius 3 is 2.45 bits per heavy atom. The molecule has 20 heavy (non-hydrogen) atoms. The molecule has 3 heteroatoms. The first kappa shape index (κ1) is 15.7. The first-order valence-corrected chi connectivity index (χ1v) is 8.53. The van der Waals surface area contributed by atoms with Crippen molar-refractivity contribution in [1.82, 2.24) is 4.98 Å². The molecule has 1 aromatic heterocycles. The maximum atomic E-state index is 12.4. The molecule has 0 radical (unpaired) electrons. The van der Waals surface area contributed by atoms with Gasteiger partial charge in [-0.3, -0.25) is 4.79 Å². The third-order valence-corrected chi connectivity index (χ3v) is 5.29. The van der Waals surface area contributed by atoms with Crippen LogP contribution >= 0.6 is 11.3 Å². The highest BCUT2D eigenvalue weighted by atomic mass is 32.1. The van der Waals surface area contributed by atoms with E-state index in [-0.39, 0.29) is 11.3 Å². The highest BCUT2D eigenvalue weighted by molar-refractivity contribution is 7.09. The number of thiazole rings is 1. The summed E-state index contributed by atoms with van der Waals surface area (Å²) < 4.78 is 0. The van der Waals surface area contributed by atoms with E-state index in [1.165, 1.54) is 12.8 Å². The molecular formula is C17H27NOS. The lowest BCUT2D eigenvalue weighted by molar-refractivity contribution is -0.123. The predicted molar refractivity (Wildman–Crippen MR) is 85.3 cm³/mol. The highest BCUT2D eigenvalue weighted by Gasteiger charge is 2.30. The number of carbonyl (C=O) groups is 1. The molecule has 0 unspecified atom stereocenters. The molecule has 2 rings (SSSR count). The van der Waals surface area contributed by atoms with Crippen molar-refractivity contribution in [2.75, 3.05) is 0 Å². The van der Waals surface area contributed by atoms with Crippen LogP contribution < -0.4 is 0 Å². The molecule has 0 saturated heterocycles.